The topological polar surface area (TPSA) is 63.2 Å². The average molecular weight is 469 g/mol. The first-order valence-corrected chi connectivity index (χ1v) is 11.8. The number of carbonyl (C=O) groups is 1. The Balaban J connectivity index is 1.77. The molecule has 2 aromatic carbocycles. The van der Waals surface area contributed by atoms with Crippen LogP contribution in [-0.4, -0.2) is 40.5 Å². The zero-order valence-electron chi connectivity index (χ0n) is 21.3. The second-order valence-corrected chi connectivity index (χ2v) is 10.2. The molecule has 0 aliphatic heterocycles. The minimum Gasteiger partial charge on any atom is -0.497 e. The van der Waals surface area contributed by atoms with Crippen molar-refractivity contribution in [1.29, 1.82) is 0 Å². The number of benzene rings is 2. The van der Waals surface area contributed by atoms with Crippen LogP contribution in [0.4, 0.5) is 0 Å². The standard InChI is InChI=1S/C28H36O6/c1-27(2)17-12-13-28(27,3)24(14-17)34-26(29)25(20-10-8-18(30-4)15-22(20)32-6)21-11-9-19(31-5)16-23(21)33-7/h8-11,15-17,24-25H,12-14H2,1-7H3/t17-,24+,28-/m0/s1. The molecule has 2 aliphatic rings. The van der Waals surface area contributed by atoms with Gasteiger partial charge in [-0.05, 0) is 42.7 Å². The maximum Gasteiger partial charge on any atom is 0.318 e. The summed E-state index contributed by atoms with van der Waals surface area (Å²) in [6, 6.07) is 11.0. The van der Waals surface area contributed by atoms with Crippen molar-refractivity contribution in [2.75, 3.05) is 28.4 Å². The summed E-state index contributed by atoms with van der Waals surface area (Å²) in [5.74, 6) is 1.94. The lowest BCUT2D eigenvalue weighted by atomic mass is 9.70. The number of hydrogen-bond acceptors (Lipinski definition) is 6. The Labute approximate surface area is 202 Å². The van der Waals surface area contributed by atoms with E-state index in [4.69, 9.17) is 23.7 Å². The molecule has 0 saturated heterocycles. The van der Waals surface area contributed by atoms with Crippen molar-refractivity contribution in [3.05, 3.63) is 47.5 Å². The predicted octanol–water partition coefficient (Wildman–Crippen LogP) is 5.61. The monoisotopic (exact) mass is 468 g/mol. The van der Waals surface area contributed by atoms with Gasteiger partial charge < -0.3 is 23.7 Å². The number of fused-ring (bicyclic) bond motifs is 2. The molecule has 184 valence electrons. The fourth-order valence-electron chi connectivity index (χ4n) is 6.05. The second-order valence-electron chi connectivity index (χ2n) is 10.2. The van der Waals surface area contributed by atoms with E-state index < -0.39 is 5.92 Å². The summed E-state index contributed by atoms with van der Waals surface area (Å²) in [5, 5.41) is 0. The Morgan fingerprint density at radius 1 is 0.853 bits per heavy atom. The predicted molar refractivity (Wildman–Crippen MR) is 130 cm³/mol. The van der Waals surface area contributed by atoms with Gasteiger partial charge in [-0.1, -0.05) is 32.9 Å². The third-order valence-corrected chi connectivity index (χ3v) is 8.71. The van der Waals surface area contributed by atoms with E-state index in [1.165, 1.54) is 6.42 Å². The Morgan fingerprint density at radius 3 is 1.76 bits per heavy atom. The molecule has 2 bridgehead atoms. The van der Waals surface area contributed by atoms with Gasteiger partial charge in [-0.15, -0.1) is 0 Å². The van der Waals surface area contributed by atoms with Crippen LogP contribution in [0, 0.1) is 16.7 Å². The van der Waals surface area contributed by atoms with Gasteiger partial charge in [0.05, 0.1) is 28.4 Å². The molecule has 6 nitrogen and oxygen atoms in total. The third-order valence-electron chi connectivity index (χ3n) is 8.71. The zero-order valence-corrected chi connectivity index (χ0v) is 21.3. The van der Waals surface area contributed by atoms with Gasteiger partial charge in [-0.3, -0.25) is 4.79 Å². The molecule has 0 heterocycles. The van der Waals surface area contributed by atoms with Crippen LogP contribution in [0.25, 0.3) is 0 Å². The first kappa shape index (κ1) is 24.2. The lowest BCUT2D eigenvalue weighted by Crippen LogP contribution is -2.39. The highest BCUT2D eigenvalue weighted by molar-refractivity contribution is 5.85. The van der Waals surface area contributed by atoms with Crippen LogP contribution in [0.2, 0.25) is 0 Å². The van der Waals surface area contributed by atoms with E-state index in [9.17, 15) is 4.79 Å². The molecule has 0 aromatic heterocycles. The van der Waals surface area contributed by atoms with Gasteiger partial charge in [0.1, 0.15) is 35.0 Å². The van der Waals surface area contributed by atoms with E-state index in [1.807, 2.05) is 24.3 Å². The molecule has 0 spiro atoms. The van der Waals surface area contributed by atoms with Crippen LogP contribution in [-0.2, 0) is 9.53 Å². The molecule has 6 heteroatoms. The molecule has 0 radical (unpaired) electrons. The number of rotatable bonds is 8. The van der Waals surface area contributed by atoms with Crippen LogP contribution in [0.1, 0.15) is 57.1 Å². The highest BCUT2D eigenvalue weighted by Crippen LogP contribution is 2.66. The molecular formula is C28H36O6. The highest BCUT2D eigenvalue weighted by atomic mass is 16.5. The Morgan fingerprint density at radius 2 is 1.38 bits per heavy atom. The minimum absolute atomic E-state index is 0.0358. The summed E-state index contributed by atoms with van der Waals surface area (Å²) >= 11 is 0. The molecule has 4 rings (SSSR count). The van der Waals surface area contributed by atoms with Gasteiger partial charge in [0.15, 0.2) is 0 Å². The van der Waals surface area contributed by atoms with Crippen LogP contribution >= 0.6 is 0 Å². The van der Waals surface area contributed by atoms with E-state index >= 15 is 0 Å². The van der Waals surface area contributed by atoms with Gasteiger partial charge in [-0.2, -0.15) is 0 Å². The first-order valence-electron chi connectivity index (χ1n) is 11.8. The molecular weight excluding hydrogens is 432 g/mol. The molecule has 2 aromatic rings. The average Bonchev–Trinajstić information content (AvgIpc) is 3.18. The van der Waals surface area contributed by atoms with Crippen LogP contribution in [0.15, 0.2) is 36.4 Å². The summed E-state index contributed by atoms with van der Waals surface area (Å²) in [6.45, 7) is 6.90. The molecule has 2 saturated carbocycles. The summed E-state index contributed by atoms with van der Waals surface area (Å²) in [7, 11) is 6.38. The number of hydrogen-bond donors (Lipinski definition) is 0. The maximum absolute atomic E-state index is 14.0. The Hall–Kier alpha value is -2.89. The van der Waals surface area contributed by atoms with Gasteiger partial charge in [-0.25, -0.2) is 0 Å². The molecule has 3 atom stereocenters. The Bertz CT molecular complexity index is 1010. The third kappa shape index (κ3) is 3.77. The molecule has 0 unspecified atom stereocenters. The van der Waals surface area contributed by atoms with E-state index in [0.29, 0.717) is 40.0 Å². The normalized spacial score (nSPS) is 24.7. The van der Waals surface area contributed by atoms with Crippen molar-refractivity contribution in [3.63, 3.8) is 0 Å². The van der Waals surface area contributed by atoms with Crippen molar-refractivity contribution < 1.29 is 28.5 Å². The SMILES string of the molecule is COc1ccc(C(C(=O)O[C@@H]2C[C@@H]3CC[C@]2(C)C3(C)C)c2ccc(OC)cc2OC)c(OC)c1. The van der Waals surface area contributed by atoms with Crippen molar-refractivity contribution in [1.82, 2.24) is 0 Å². The van der Waals surface area contributed by atoms with E-state index in [2.05, 4.69) is 20.8 Å². The molecule has 2 fully saturated rings. The van der Waals surface area contributed by atoms with E-state index in [1.54, 1.807) is 40.6 Å². The van der Waals surface area contributed by atoms with Gasteiger partial charge in [0, 0.05) is 28.7 Å². The largest absolute Gasteiger partial charge is 0.497 e. The fourth-order valence-corrected chi connectivity index (χ4v) is 6.05. The first-order chi connectivity index (χ1) is 16.2. The number of methoxy groups -OCH3 is 4. The van der Waals surface area contributed by atoms with Crippen molar-refractivity contribution >= 4 is 5.97 Å². The Kier molecular flexibility index (Phi) is 6.45. The molecule has 0 amide bonds. The van der Waals surface area contributed by atoms with Crippen LogP contribution in [0.3, 0.4) is 0 Å². The van der Waals surface area contributed by atoms with Crippen molar-refractivity contribution in [2.24, 2.45) is 16.7 Å². The number of carbonyl (C=O) groups excluding carboxylic acids is 1. The lowest BCUT2D eigenvalue weighted by Gasteiger charge is -2.39. The smallest absolute Gasteiger partial charge is 0.318 e. The molecule has 0 N–H and O–H groups in total. The minimum atomic E-state index is -0.729. The summed E-state index contributed by atoms with van der Waals surface area (Å²) < 4.78 is 28.5. The van der Waals surface area contributed by atoms with Crippen LogP contribution in [0.5, 0.6) is 23.0 Å². The summed E-state index contributed by atoms with van der Waals surface area (Å²) in [5.41, 5.74) is 1.50. The summed E-state index contributed by atoms with van der Waals surface area (Å²) in [6.07, 6.45) is 3.05. The number of ether oxygens (including phenoxy) is 5. The lowest BCUT2D eigenvalue weighted by molar-refractivity contribution is -0.157. The van der Waals surface area contributed by atoms with Gasteiger partial charge >= 0.3 is 5.97 Å². The van der Waals surface area contributed by atoms with Gasteiger partial charge in [0.25, 0.3) is 0 Å². The highest BCUT2D eigenvalue weighted by Gasteiger charge is 2.63. The van der Waals surface area contributed by atoms with Crippen molar-refractivity contribution in [2.45, 2.75) is 52.1 Å². The second kappa shape index (κ2) is 9.05. The number of esters is 1. The zero-order chi connectivity index (χ0) is 24.7. The van der Waals surface area contributed by atoms with Crippen LogP contribution < -0.4 is 18.9 Å². The quantitative estimate of drug-likeness (QED) is 0.469. The van der Waals surface area contributed by atoms with Gasteiger partial charge in [0.2, 0.25) is 0 Å². The van der Waals surface area contributed by atoms with Crippen molar-refractivity contribution in [3.8, 4) is 23.0 Å². The molecule has 2 aliphatic carbocycles. The fraction of sp³-hybridized carbons (Fsp3) is 0.536. The maximum atomic E-state index is 14.0. The summed E-state index contributed by atoms with van der Waals surface area (Å²) in [4.78, 5) is 14.0. The van der Waals surface area contributed by atoms with E-state index in [0.717, 1.165) is 12.8 Å². The molecule has 34 heavy (non-hydrogen) atoms. The van der Waals surface area contributed by atoms with E-state index in [-0.39, 0.29) is 22.9 Å².